The largest absolute Gasteiger partial charge is 0.370 e. The third kappa shape index (κ3) is 3.37. The van der Waals surface area contributed by atoms with Crippen molar-refractivity contribution >= 4 is 35.0 Å². The second-order valence-electron chi connectivity index (χ2n) is 4.91. The number of nitrogens with zero attached hydrogens (tertiary/aromatic N) is 1. The molecule has 1 aromatic rings. The van der Waals surface area contributed by atoms with Gasteiger partial charge in [-0.3, -0.25) is 14.9 Å². The molecule has 2 aliphatic rings. The van der Waals surface area contributed by atoms with Gasteiger partial charge in [0.1, 0.15) is 6.61 Å². The highest BCUT2D eigenvalue weighted by Crippen LogP contribution is 2.20. The molecule has 2 heterocycles. The minimum absolute atomic E-state index is 0.0183. The van der Waals surface area contributed by atoms with E-state index in [9.17, 15) is 9.59 Å². The molecule has 6 nitrogen and oxygen atoms in total. The first kappa shape index (κ1) is 14.4. The van der Waals surface area contributed by atoms with Crippen molar-refractivity contribution in [2.24, 2.45) is 0 Å². The molecule has 1 aromatic carbocycles. The monoisotopic (exact) mass is 307 g/mol. The minimum atomic E-state index is -0.129. The van der Waals surface area contributed by atoms with Crippen LogP contribution in [0.15, 0.2) is 24.3 Å². The van der Waals surface area contributed by atoms with Crippen LogP contribution in [0.2, 0.25) is 0 Å². The summed E-state index contributed by atoms with van der Waals surface area (Å²) in [6.45, 7) is 1.24. The third-order valence-electron chi connectivity index (χ3n) is 3.47. The molecule has 0 saturated carbocycles. The molecule has 0 aliphatic carbocycles. The van der Waals surface area contributed by atoms with Crippen LogP contribution in [0.4, 0.5) is 11.4 Å². The van der Waals surface area contributed by atoms with E-state index in [2.05, 4.69) is 10.6 Å². The average Bonchev–Trinajstić information content (AvgIpc) is 3.03. The number of amides is 2. The zero-order chi connectivity index (χ0) is 14.7. The van der Waals surface area contributed by atoms with Crippen LogP contribution < -0.4 is 15.5 Å². The lowest BCUT2D eigenvalue weighted by molar-refractivity contribution is -0.125. The Hall–Kier alpha value is -1.57. The first-order chi connectivity index (χ1) is 10.2. The fourth-order valence-corrected chi connectivity index (χ4v) is 3.25. The van der Waals surface area contributed by atoms with Gasteiger partial charge in [-0.1, -0.05) is 0 Å². The number of benzene rings is 1. The van der Waals surface area contributed by atoms with E-state index in [0.29, 0.717) is 13.2 Å². The van der Waals surface area contributed by atoms with Gasteiger partial charge in [-0.05, 0) is 24.3 Å². The first-order valence-corrected chi connectivity index (χ1v) is 8.00. The van der Waals surface area contributed by atoms with Gasteiger partial charge in [0.05, 0.1) is 12.6 Å². The van der Waals surface area contributed by atoms with E-state index in [1.807, 2.05) is 24.3 Å². The van der Waals surface area contributed by atoms with Crippen molar-refractivity contribution in [3.8, 4) is 0 Å². The number of carbonyl (C=O) groups is 2. The Balaban J connectivity index is 1.63. The summed E-state index contributed by atoms with van der Waals surface area (Å²) in [4.78, 5) is 25.4. The molecule has 0 radical (unpaired) electrons. The molecule has 2 amide bonds. The molecule has 2 saturated heterocycles. The molecule has 2 fully saturated rings. The molecule has 2 aliphatic heterocycles. The quantitative estimate of drug-likeness (QED) is 0.858. The summed E-state index contributed by atoms with van der Waals surface area (Å²) in [5.74, 6) is 1.56. The maximum Gasteiger partial charge on any atom is 0.253 e. The smallest absolute Gasteiger partial charge is 0.253 e. The number of carbonyl (C=O) groups excluding carboxylic acids is 2. The number of anilines is 2. The molecular weight excluding hydrogens is 290 g/mol. The zero-order valence-electron chi connectivity index (χ0n) is 11.5. The molecule has 0 spiro atoms. The second kappa shape index (κ2) is 6.46. The van der Waals surface area contributed by atoms with Crippen LogP contribution in [0.3, 0.4) is 0 Å². The SMILES string of the molecule is O=C(Nc1ccc(N2CCOCC2=O)cc1)C1CSCN1. The van der Waals surface area contributed by atoms with E-state index in [1.165, 1.54) is 0 Å². The topological polar surface area (TPSA) is 70.7 Å². The summed E-state index contributed by atoms with van der Waals surface area (Å²) in [5, 5.41) is 6.01. The van der Waals surface area contributed by atoms with Crippen LogP contribution in [0.1, 0.15) is 0 Å². The van der Waals surface area contributed by atoms with Gasteiger partial charge in [-0.2, -0.15) is 0 Å². The number of ether oxygens (including phenoxy) is 1. The standard InChI is InChI=1S/C14H17N3O3S/c18-13-7-20-6-5-17(13)11-3-1-10(2-4-11)16-14(19)12-8-21-9-15-12/h1-4,12,15H,5-9H2,(H,16,19). The average molecular weight is 307 g/mol. The van der Waals surface area contributed by atoms with E-state index in [0.717, 1.165) is 23.0 Å². The lowest BCUT2D eigenvalue weighted by Crippen LogP contribution is -2.41. The van der Waals surface area contributed by atoms with Gasteiger partial charge in [-0.25, -0.2) is 0 Å². The van der Waals surface area contributed by atoms with E-state index < -0.39 is 0 Å². The van der Waals surface area contributed by atoms with Crippen molar-refractivity contribution in [1.29, 1.82) is 0 Å². The summed E-state index contributed by atoms with van der Waals surface area (Å²) < 4.78 is 5.11. The minimum Gasteiger partial charge on any atom is -0.370 e. The van der Waals surface area contributed by atoms with Gasteiger partial charge in [0.15, 0.2) is 0 Å². The third-order valence-corrected chi connectivity index (χ3v) is 4.40. The summed E-state index contributed by atoms with van der Waals surface area (Å²) in [5.41, 5.74) is 1.57. The zero-order valence-corrected chi connectivity index (χ0v) is 12.3. The van der Waals surface area contributed by atoms with Crippen molar-refractivity contribution in [2.75, 3.05) is 41.6 Å². The molecule has 21 heavy (non-hydrogen) atoms. The number of hydrogen-bond acceptors (Lipinski definition) is 5. The Morgan fingerprint density at radius 1 is 1.38 bits per heavy atom. The molecule has 2 N–H and O–H groups in total. The second-order valence-corrected chi connectivity index (χ2v) is 5.94. The highest BCUT2D eigenvalue weighted by atomic mass is 32.2. The van der Waals surface area contributed by atoms with E-state index in [1.54, 1.807) is 16.7 Å². The van der Waals surface area contributed by atoms with Crippen molar-refractivity contribution < 1.29 is 14.3 Å². The Morgan fingerprint density at radius 2 is 2.19 bits per heavy atom. The van der Waals surface area contributed by atoms with Gasteiger partial charge >= 0.3 is 0 Å². The number of thioether (sulfide) groups is 1. The summed E-state index contributed by atoms with van der Waals surface area (Å²) in [7, 11) is 0. The molecule has 7 heteroatoms. The lowest BCUT2D eigenvalue weighted by atomic mass is 10.2. The predicted octanol–water partition coefficient (Wildman–Crippen LogP) is 0.651. The fraction of sp³-hybridized carbons (Fsp3) is 0.429. The molecule has 112 valence electrons. The summed E-state index contributed by atoms with van der Waals surface area (Å²) in [6.07, 6.45) is 0. The number of rotatable bonds is 3. The number of nitrogens with one attached hydrogen (secondary N) is 2. The highest BCUT2D eigenvalue weighted by molar-refractivity contribution is 7.99. The van der Waals surface area contributed by atoms with E-state index in [-0.39, 0.29) is 24.5 Å². The molecule has 0 aromatic heterocycles. The van der Waals surface area contributed by atoms with E-state index in [4.69, 9.17) is 4.74 Å². The maximum atomic E-state index is 12.0. The highest BCUT2D eigenvalue weighted by Gasteiger charge is 2.23. The Morgan fingerprint density at radius 3 is 2.86 bits per heavy atom. The maximum absolute atomic E-state index is 12.0. The van der Waals surface area contributed by atoms with E-state index >= 15 is 0 Å². The summed E-state index contributed by atoms with van der Waals surface area (Å²) in [6, 6.07) is 7.19. The van der Waals surface area contributed by atoms with Crippen LogP contribution in [-0.4, -0.2) is 49.2 Å². The van der Waals surface area contributed by atoms with Crippen LogP contribution in [-0.2, 0) is 14.3 Å². The van der Waals surface area contributed by atoms with Crippen molar-refractivity contribution in [2.45, 2.75) is 6.04 Å². The van der Waals surface area contributed by atoms with Gasteiger partial charge in [-0.15, -0.1) is 11.8 Å². The Kier molecular flexibility index (Phi) is 4.42. The van der Waals surface area contributed by atoms with Crippen LogP contribution in [0.25, 0.3) is 0 Å². The van der Waals surface area contributed by atoms with Crippen molar-refractivity contribution in [1.82, 2.24) is 5.32 Å². The van der Waals surface area contributed by atoms with Gasteiger partial charge < -0.3 is 15.0 Å². The predicted molar refractivity (Wildman–Crippen MR) is 82.5 cm³/mol. The summed E-state index contributed by atoms with van der Waals surface area (Å²) >= 11 is 1.71. The van der Waals surface area contributed by atoms with Crippen LogP contribution in [0.5, 0.6) is 0 Å². The van der Waals surface area contributed by atoms with Crippen molar-refractivity contribution in [3.05, 3.63) is 24.3 Å². The molecular formula is C14H17N3O3S. The lowest BCUT2D eigenvalue weighted by Gasteiger charge is -2.27. The Labute approximate surface area is 127 Å². The normalized spacial score (nSPS) is 22.4. The van der Waals surface area contributed by atoms with Gasteiger partial charge in [0.25, 0.3) is 5.91 Å². The first-order valence-electron chi connectivity index (χ1n) is 6.84. The van der Waals surface area contributed by atoms with Gasteiger partial charge in [0, 0.05) is 29.5 Å². The van der Waals surface area contributed by atoms with Crippen LogP contribution in [0, 0.1) is 0 Å². The molecule has 0 bridgehead atoms. The molecule has 1 unspecified atom stereocenters. The number of morpholine rings is 1. The Bertz CT molecular complexity index is 529. The molecule has 3 rings (SSSR count). The van der Waals surface area contributed by atoms with Crippen molar-refractivity contribution in [3.63, 3.8) is 0 Å². The number of hydrogen-bond donors (Lipinski definition) is 2. The fourth-order valence-electron chi connectivity index (χ4n) is 2.31. The van der Waals surface area contributed by atoms with Crippen LogP contribution >= 0.6 is 11.8 Å². The molecule has 1 atom stereocenters. The van der Waals surface area contributed by atoms with Gasteiger partial charge in [0.2, 0.25) is 5.91 Å².